The zero-order chi connectivity index (χ0) is 28.4. The molecule has 0 heterocycles. The molecule has 0 aliphatic heterocycles. The average Bonchev–Trinajstić information content (AvgIpc) is 2.71. The van der Waals surface area contributed by atoms with E-state index in [-0.39, 0.29) is 21.7 Å². The molecule has 2 aromatic carbocycles. The van der Waals surface area contributed by atoms with Gasteiger partial charge in [-0.05, 0) is 61.8 Å². The van der Waals surface area contributed by atoms with Gasteiger partial charge in [0, 0.05) is 22.6 Å². The normalized spacial score (nSPS) is 13.3. The number of phenolic OH excluding ortho intramolecular Hbond substituents is 2. The molecule has 0 radical (unpaired) electrons. The van der Waals surface area contributed by atoms with E-state index in [9.17, 15) is 10.2 Å². The highest BCUT2D eigenvalue weighted by Gasteiger charge is 2.26. The van der Waals surface area contributed by atoms with E-state index >= 15 is 0 Å². The molecular weight excluding hydrogens is 492 g/mol. The van der Waals surface area contributed by atoms with Crippen molar-refractivity contribution in [2.45, 2.75) is 123 Å². The highest BCUT2D eigenvalue weighted by molar-refractivity contribution is 7.99. The standard InChI is InChI=1S/C33H52O2S2/c1-30(2,3)24-16-22(28(34)26(18-24)32(7,8)9)20-36-14-13-15-37-21-23-17-25(31(4,5)6)19-27(29(23)35)33(10,11)12/h16-19,34-35H,13-15,20-21H2,1-12H3. The number of rotatable bonds is 8. The van der Waals surface area contributed by atoms with Crippen LogP contribution in [0.5, 0.6) is 11.5 Å². The van der Waals surface area contributed by atoms with Crippen LogP contribution in [0.3, 0.4) is 0 Å². The first kappa shape index (κ1) is 32.0. The first-order valence-electron chi connectivity index (χ1n) is 13.6. The van der Waals surface area contributed by atoms with Gasteiger partial charge < -0.3 is 10.2 Å². The molecule has 0 atom stereocenters. The van der Waals surface area contributed by atoms with Crippen LogP contribution in [0.2, 0.25) is 0 Å². The summed E-state index contributed by atoms with van der Waals surface area (Å²) in [5.74, 6) is 4.69. The lowest BCUT2D eigenvalue weighted by Gasteiger charge is -2.27. The van der Waals surface area contributed by atoms with E-state index in [1.807, 2.05) is 23.5 Å². The van der Waals surface area contributed by atoms with Gasteiger partial charge in [-0.3, -0.25) is 0 Å². The van der Waals surface area contributed by atoms with E-state index in [1.54, 1.807) is 0 Å². The van der Waals surface area contributed by atoms with Crippen LogP contribution in [-0.2, 0) is 33.2 Å². The predicted molar refractivity (Wildman–Crippen MR) is 168 cm³/mol. The molecule has 0 saturated heterocycles. The van der Waals surface area contributed by atoms with E-state index in [0.29, 0.717) is 11.5 Å². The third-order valence-electron chi connectivity index (χ3n) is 6.82. The number of aromatic hydroxyl groups is 2. The summed E-state index contributed by atoms with van der Waals surface area (Å²) >= 11 is 3.79. The molecule has 0 fully saturated rings. The van der Waals surface area contributed by atoms with E-state index in [4.69, 9.17) is 0 Å². The van der Waals surface area contributed by atoms with Gasteiger partial charge in [0.05, 0.1) is 0 Å². The van der Waals surface area contributed by atoms with Crippen molar-refractivity contribution in [2.75, 3.05) is 11.5 Å². The van der Waals surface area contributed by atoms with Crippen LogP contribution in [0.4, 0.5) is 0 Å². The van der Waals surface area contributed by atoms with Gasteiger partial charge in [0.15, 0.2) is 0 Å². The van der Waals surface area contributed by atoms with Gasteiger partial charge in [-0.2, -0.15) is 23.5 Å². The minimum atomic E-state index is -0.0931. The van der Waals surface area contributed by atoms with Crippen LogP contribution < -0.4 is 0 Å². The first-order valence-corrected chi connectivity index (χ1v) is 15.9. The lowest BCUT2D eigenvalue weighted by molar-refractivity contribution is 0.439. The van der Waals surface area contributed by atoms with Gasteiger partial charge in [0.2, 0.25) is 0 Å². The van der Waals surface area contributed by atoms with Gasteiger partial charge in [-0.15, -0.1) is 0 Å². The minimum absolute atomic E-state index is 0.0481. The summed E-state index contributed by atoms with van der Waals surface area (Å²) < 4.78 is 0. The monoisotopic (exact) mass is 544 g/mol. The number of benzene rings is 2. The molecule has 0 aromatic heterocycles. The second kappa shape index (κ2) is 11.9. The van der Waals surface area contributed by atoms with Crippen molar-refractivity contribution in [3.63, 3.8) is 0 Å². The fraction of sp³-hybridized carbons (Fsp3) is 0.636. The second-order valence-corrected chi connectivity index (χ2v) is 16.7. The number of hydrogen-bond acceptors (Lipinski definition) is 4. The maximum Gasteiger partial charge on any atom is 0.123 e. The van der Waals surface area contributed by atoms with Crippen LogP contribution in [-0.4, -0.2) is 21.7 Å². The third-order valence-corrected chi connectivity index (χ3v) is 9.00. The smallest absolute Gasteiger partial charge is 0.123 e. The van der Waals surface area contributed by atoms with E-state index < -0.39 is 0 Å². The van der Waals surface area contributed by atoms with Gasteiger partial charge in [-0.1, -0.05) is 107 Å². The summed E-state index contributed by atoms with van der Waals surface area (Å²) in [6, 6.07) is 8.78. The number of thioether (sulfide) groups is 2. The zero-order valence-corrected chi connectivity index (χ0v) is 27.2. The molecule has 0 aliphatic rings. The Morgan fingerprint density at radius 2 is 0.838 bits per heavy atom. The molecule has 0 aliphatic carbocycles. The Bertz CT molecular complexity index is 973. The molecule has 2 aromatic rings. The second-order valence-electron chi connectivity index (χ2n) is 14.5. The summed E-state index contributed by atoms with van der Waals surface area (Å²) in [4.78, 5) is 0. The summed E-state index contributed by atoms with van der Waals surface area (Å²) in [5.41, 5.74) is 6.66. The lowest BCUT2D eigenvalue weighted by Crippen LogP contribution is -2.17. The van der Waals surface area contributed by atoms with Crippen molar-refractivity contribution in [3.05, 3.63) is 57.6 Å². The van der Waals surface area contributed by atoms with E-state index in [1.165, 1.54) is 11.1 Å². The molecular formula is C33H52O2S2. The molecule has 2 nitrogen and oxygen atoms in total. The first-order chi connectivity index (χ1) is 16.7. The summed E-state index contributed by atoms with van der Waals surface area (Å²) in [6.07, 6.45) is 1.10. The van der Waals surface area contributed by atoms with Gasteiger partial charge >= 0.3 is 0 Å². The zero-order valence-electron chi connectivity index (χ0n) is 25.6. The molecule has 0 spiro atoms. The lowest BCUT2D eigenvalue weighted by atomic mass is 9.79. The maximum absolute atomic E-state index is 11.0. The van der Waals surface area contributed by atoms with Crippen LogP contribution in [0.15, 0.2) is 24.3 Å². The van der Waals surface area contributed by atoms with Gasteiger partial charge in [-0.25, -0.2) is 0 Å². The van der Waals surface area contributed by atoms with E-state index in [2.05, 4.69) is 107 Å². The predicted octanol–water partition coefficient (Wildman–Crippen LogP) is 9.84. The summed E-state index contributed by atoms with van der Waals surface area (Å²) in [6.45, 7) is 26.4. The number of phenols is 2. The topological polar surface area (TPSA) is 40.5 Å². The summed E-state index contributed by atoms with van der Waals surface area (Å²) in [5, 5.41) is 22.1. The van der Waals surface area contributed by atoms with E-state index in [0.717, 1.165) is 51.7 Å². The maximum atomic E-state index is 11.0. The molecule has 0 bridgehead atoms. The molecule has 2 N–H and O–H groups in total. The quantitative estimate of drug-likeness (QED) is 0.324. The molecule has 0 saturated carbocycles. The number of hydrogen-bond donors (Lipinski definition) is 2. The molecule has 2 rings (SSSR count). The fourth-order valence-corrected chi connectivity index (χ4v) is 6.29. The Balaban J connectivity index is 2.00. The Labute approximate surface area is 236 Å². The third kappa shape index (κ3) is 8.88. The highest BCUT2D eigenvalue weighted by atomic mass is 32.2. The van der Waals surface area contributed by atoms with Crippen molar-refractivity contribution in [1.82, 2.24) is 0 Å². The average molecular weight is 545 g/mol. The van der Waals surface area contributed by atoms with Crippen molar-refractivity contribution in [2.24, 2.45) is 0 Å². The summed E-state index contributed by atoms with van der Waals surface area (Å²) in [7, 11) is 0. The van der Waals surface area contributed by atoms with Crippen LogP contribution in [0.25, 0.3) is 0 Å². The van der Waals surface area contributed by atoms with Crippen LogP contribution in [0.1, 0.15) is 123 Å². The largest absolute Gasteiger partial charge is 0.507 e. The molecule has 0 unspecified atom stereocenters. The molecule has 4 heteroatoms. The fourth-order valence-electron chi connectivity index (χ4n) is 4.25. The molecule has 37 heavy (non-hydrogen) atoms. The van der Waals surface area contributed by atoms with Crippen LogP contribution in [0, 0.1) is 0 Å². The van der Waals surface area contributed by atoms with Crippen molar-refractivity contribution >= 4 is 23.5 Å². The minimum Gasteiger partial charge on any atom is -0.507 e. The Kier molecular flexibility index (Phi) is 10.2. The van der Waals surface area contributed by atoms with Crippen molar-refractivity contribution in [1.29, 1.82) is 0 Å². The highest BCUT2D eigenvalue weighted by Crippen LogP contribution is 2.40. The molecule has 0 amide bonds. The van der Waals surface area contributed by atoms with Crippen molar-refractivity contribution < 1.29 is 10.2 Å². The van der Waals surface area contributed by atoms with Gasteiger partial charge in [0.25, 0.3) is 0 Å². The Hall–Kier alpha value is -1.26. The SMILES string of the molecule is CC(C)(C)c1cc(CSCCCSCc2cc(C(C)(C)C)cc(C(C)(C)C)c2O)c(O)c(C(C)(C)C)c1. The Morgan fingerprint density at radius 1 is 0.514 bits per heavy atom. The van der Waals surface area contributed by atoms with Gasteiger partial charge in [0.1, 0.15) is 11.5 Å². The molecule has 208 valence electrons. The van der Waals surface area contributed by atoms with Crippen molar-refractivity contribution in [3.8, 4) is 11.5 Å². The van der Waals surface area contributed by atoms with Crippen LogP contribution >= 0.6 is 23.5 Å². The Morgan fingerprint density at radius 3 is 1.11 bits per heavy atom.